The van der Waals surface area contributed by atoms with Crippen molar-refractivity contribution >= 4 is 0 Å². The number of hydrogen-bond acceptors (Lipinski definition) is 0. The Morgan fingerprint density at radius 2 is 0.450 bits per heavy atom. The lowest BCUT2D eigenvalue weighted by Crippen LogP contribution is -1.83. The van der Waals surface area contributed by atoms with E-state index in [-0.39, 0.29) is 4.70 Å². The molecule has 0 aliphatic heterocycles. The van der Waals surface area contributed by atoms with Gasteiger partial charge in [-0.1, -0.05) is 123 Å². The Balaban J connectivity index is 0. The summed E-state index contributed by atoms with van der Waals surface area (Å²) in [5, 5.41) is 0. The van der Waals surface area contributed by atoms with Gasteiger partial charge in [0.25, 0.3) is 0 Å². The van der Waals surface area contributed by atoms with Gasteiger partial charge in [-0.25, -0.2) is 0 Å². The summed E-state index contributed by atoms with van der Waals surface area (Å²) in [6, 6.07) is 0. The van der Waals surface area contributed by atoms with E-state index < -0.39 is 0 Å². The van der Waals surface area contributed by atoms with E-state index in [1.54, 1.807) is 0 Å². The molecule has 0 saturated heterocycles. The van der Waals surface area contributed by atoms with Crippen molar-refractivity contribution in [3.8, 4) is 0 Å². The molecule has 0 aliphatic rings. The number of halogens is 1. The van der Waals surface area contributed by atoms with Crippen LogP contribution in [0.3, 0.4) is 0 Å². The number of hydrogen-bond donors (Lipinski definition) is 0. The zero-order valence-corrected chi connectivity index (χ0v) is 14.4. The molecule has 0 rings (SSSR count). The lowest BCUT2D eigenvalue weighted by Gasteiger charge is -2.03. The lowest BCUT2D eigenvalue weighted by molar-refractivity contribution is 0.529. The van der Waals surface area contributed by atoms with Gasteiger partial charge in [0.15, 0.2) is 0 Å². The van der Waals surface area contributed by atoms with Crippen LogP contribution >= 0.6 is 0 Å². The molecule has 0 aromatic carbocycles. The molecule has 0 unspecified atom stereocenters. The third kappa shape index (κ3) is 20.3. The normalized spacial score (nSPS) is 10.5. The second-order valence-corrected chi connectivity index (χ2v) is 6.30. The van der Waals surface area contributed by atoms with Gasteiger partial charge >= 0.3 is 0 Å². The quantitative estimate of drug-likeness (QED) is 0.254. The first-order chi connectivity index (χ1) is 9.41. The predicted molar refractivity (Wildman–Crippen MR) is 92.3 cm³/mol. The first kappa shape index (κ1) is 22.2. The molecule has 124 valence electrons. The van der Waals surface area contributed by atoms with Crippen LogP contribution in [0.5, 0.6) is 0 Å². The largest absolute Gasteiger partial charge is 0.269 e. The summed E-state index contributed by atoms with van der Waals surface area (Å²) in [5.41, 5.74) is 0. The highest BCUT2D eigenvalue weighted by molar-refractivity contribution is 4.49. The topological polar surface area (TPSA) is 0 Å². The molecular formula is C19H41F. The van der Waals surface area contributed by atoms with Crippen LogP contribution in [-0.4, -0.2) is 0 Å². The van der Waals surface area contributed by atoms with Gasteiger partial charge in [0.1, 0.15) is 0 Å². The van der Waals surface area contributed by atoms with Crippen molar-refractivity contribution in [2.24, 2.45) is 0 Å². The molecule has 0 heterocycles. The average molecular weight is 289 g/mol. The van der Waals surface area contributed by atoms with Gasteiger partial charge in [-0.3, -0.25) is 4.70 Å². The Bertz CT molecular complexity index is 129. The third-order valence-electron chi connectivity index (χ3n) is 4.21. The fraction of sp³-hybridized carbons (Fsp3) is 1.00. The molecule has 0 bridgehead atoms. The van der Waals surface area contributed by atoms with E-state index in [1.807, 2.05) is 0 Å². The molecule has 0 aromatic heterocycles. The first-order valence-corrected chi connectivity index (χ1v) is 9.41. The van der Waals surface area contributed by atoms with Crippen molar-refractivity contribution in [1.29, 1.82) is 0 Å². The summed E-state index contributed by atoms with van der Waals surface area (Å²) in [5.74, 6) is 0. The summed E-state index contributed by atoms with van der Waals surface area (Å²) in [6.07, 6.45) is 24.9. The van der Waals surface area contributed by atoms with Gasteiger partial charge in [-0.15, -0.1) is 0 Å². The van der Waals surface area contributed by atoms with E-state index in [0.717, 1.165) is 0 Å². The minimum Gasteiger partial charge on any atom is -0.269 e. The second-order valence-electron chi connectivity index (χ2n) is 6.30. The van der Waals surface area contributed by atoms with Crippen LogP contribution in [0.15, 0.2) is 0 Å². The molecule has 0 amide bonds. The minimum atomic E-state index is 0. The van der Waals surface area contributed by atoms with E-state index in [4.69, 9.17) is 0 Å². The summed E-state index contributed by atoms with van der Waals surface area (Å²) in [7, 11) is 0. The smallest absolute Gasteiger partial charge is 0.0533 e. The Labute approximate surface area is 128 Å². The van der Waals surface area contributed by atoms with Gasteiger partial charge in [0.05, 0.1) is 0 Å². The van der Waals surface area contributed by atoms with Gasteiger partial charge in [0, 0.05) is 0 Å². The highest BCUT2D eigenvalue weighted by Crippen LogP contribution is 2.13. The summed E-state index contributed by atoms with van der Waals surface area (Å²) in [4.78, 5) is 0. The highest BCUT2D eigenvalue weighted by atomic mass is 19.0. The van der Waals surface area contributed by atoms with Crippen LogP contribution in [0.25, 0.3) is 0 Å². The summed E-state index contributed by atoms with van der Waals surface area (Å²) >= 11 is 0. The van der Waals surface area contributed by atoms with Crippen molar-refractivity contribution in [2.45, 2.75) is 123 Å². The van der Waals surface area contributed by atoms with E-state index in [1.165, 1.54) is 109 Å². The first-order valence-electron chi connectivity index (χ1n) is 9.41. The van der Waals surface area contributed by atoms with Crippen LogP contribution in [0.4, 0.5) is 4.70 Å². The molecule has 0 fully saturated rings. The number of rotatable bonds is 16. The molecule has 0 aromatic rings. The van der Waals surface area contributed by atoms with Crippen molar-refractivity contribution in [3.05, 3.63) is 0 Å². The summed E-state index contributed by atoms with van der Waals surface area (Å²) < 4.78 is 0. The monoisotopic (exact) mass is 288 g/mol. The second kappa shape index (κ2) is 21.2. The fourth-order valence-electron chi connectivity index (χ4n) is 2.80. The minimum absolute atomic E-state index is 0. The molecule has 0 nitrogen and oxygen atoms in total. The van der Waals surface area contributed by atoms with Gasteiger partial charge in [0.2, 0.25) is 0 Å². The maximum absolute atomic E-state index is 2.30. The van der Waals surface area contributed by atoms with Crippen molar-refractivity contribution < 1.29 is 4.70 Å². The Kier molecular flexibility index (Phi) is 23.6. The maximum Gasteiger partial charge on any atom is -0.0533 e. The predicted octanol–water partition coefficient (Wildman–Crippen LogP) is 7.81. The van der Waals surface area contributed by atoms with Crippen LogP contribution in [0.2, 0.25) is 0 Å². The van der Waals surface area contributed by atoms with Crippen LogP contribution in [0, 0.1) is 0 Å². The molecule has 20 heavy (non-hydrogen) atoms. The van der Waals surface area contributed by atoms with Gasteiger partial charge < -0.3 is 0 Å². The molecule has 0 radical (unpaired) electrons. The molecule has 0 saturated carbocycles. The van der Waals surface area contributed by atoms with Crippen LogP contribution in [0.1, 0.15) is 123 Å². The average Bonchev–Trinajstić information content (AvgIpc) is 2.43. The molecule has 0 atom stereocenters. The molecule has 0 spiro atoms. The zero-order valence-electron chi connectivity index (χ0n) is 14.4. The van der Waals surface area contributed by atoms with Gasteiger partial charge in [-0.05, 0) is 0 Å². The Morgan fingerprint density at radius 1 is 0.300 bits per heavy atom. The van der Waals surface area contributed by atoms with Crippen LogP contribution < -0.4 is 0 Å². The van der Waals surface area contributed by atoms with Crippen molar-refractivity contribution in [3.63, 3.8) is 0 Å². The van der Waals surface area contributed by atoms with E-state index >= 15 is 0 Å². The lowest BCUT2D eigenvalue weighted by atomic mass is 10.0. The zero-order chi connectivity index (χ0) is 14.0. The highest BCUT2D eigenvalue weighted by Gasteiger charge is 1.94. The maximum atomic E-state index is 2.30. The molecular weight excluding hydrogens is 247 g/mol. The van der Waals surface area contributed by atoms with Crippen LogP contribution in [-0.2, 0) is 0 Å². The van der Waals surface area contributed by atoms with E-state index in [9.17, 15) is 0 Å². The Hall–Kier alpha value is -0.0700. The fourth-order valence-corrected chi connectivity index (χ4v) is 2.80. The SMILES string of the molecule is CCCCCCCCCCCCCCCCCCC.F. The number of unbranched alkanes of at least 4 members (excludes halogenated alkanes) is 16. The molecule has 0 aliphatic carbocycles. The van der Waals surface area contributed by atoms with Crippen molar-refractivity contribution in [1.82, 2.24) is 0 Å². The molecule has 0 N–H and O–H groups in total. The third-order valence-corrected chi connectivity index (χ3v) is 4.21. The van der Waals surface area contributed by atoms with E-state index in [2.05, 4.69) is 13.8 Å². The summed E-state index contributed by atoms with van der Waals surface area (Å²) in [6.45, 7) is 4.59. The standard InChI is InChI=1S/C19H40.FH/c1-3-5-7-9-11-13-15-17-19-18-16-14-12-10-8-6-4-2;/h3-19H2,1-2H3;1H. The van der Waals surface area contributed by atoms with Gasteiger partial charge in [-0.2, -0.15) is 0 Å². The molecule has 1 heteroatoms. The van der Waals surface area contributed by atoms with E-state index in [0.29, 0.717) is 0 Å². The van der Waals surface area contributed by atoms with Crippen molar-refractivity contribution in [2.75, 3.05) is 0 Å². The Morgan fingerprint density at radius 3 is 0.600 bits per heavy atom.